The molecular weight excluding hydrogens is 304 g/mol. The Labute approximate surface area is 124 Å². The molecule has 0 saturated carbocycles. The van der Waals surface area contributed by atoms with Gasteiger partial charge in [-0.25, -0.2) is 4.39 Å². The maximum atomic E-state index is 13.8. The summed E-state index contributed by atoms with van der Waals surface area (Å²) in [5, 5.41) is 3.54. The number of hydrogen-bond acceptors (Lipinski definition) is 3. The Kier molecular flexibility index (Phi) is 4.01. The van der Waals surface area contributed by atoms with Crippen molar-refractivity contribution in [2.45, 2.75) is 0 Å². The number of nitrogen functional groups attached to an aromatic ring is 1. The van der Waals surface area contributed by atoms with Crippen molar-refractivity contribution in [1.82, 2.24) is 0 Å². The van der Waals surface area contributed by atoms with E-state index in [0.29, 0.717) is 15.7 Å². The van der Waals surface area contributed by atoms with Gasteiger partial charge in [0, 0.05) is 10.7 Å². The first-order valence-electron chi connectivity index (χ1n) is 5.49. The van der Waals surface area contributed by atoms with Crippen LogP contribution in [0.4, 0.5) is 21.5 Å². The van der Waals surface area contributed by atoms with Crippen molar-refractivity contribution in [2.24, 2.45) is 5.73 Å². The molecule has 2 aromatic carbocycles. The Hall–Kier alpha value is -1.98. The predicted molar refractivity (Wildman–Crippen MR) is 79.1 cm³/mol. The van der Waals surface area contributed by atoms with Crippen LogP contribution in [0.5, 0.6) is 0 Å². The van der Waals surface area contributed by atoms with Gasteiger partial charge in [-0.05, 0) is 30.3 Å². The van der Waals surface area contributed by atoms with Crippen LogP contribution in [-0.2, 0) is 0 Å². The van der Waals surface area contributed by atoms with E-state index in [1.54, 1.807) is 12.1 Å². The van der Waals surface area contributed by atoms with E-state index >= 15 is 0 Å². The smallest absolute Gasteiger partial charge is 0.250 e. The van der Waals surface area contributed by atoms with Gasteiger partial charge < -0.3 is 16.8 Å². The maximum Gasteiger partial charge on any atom is 0.250 e. The minimum absolute atomic E-state index is 0.0204. The fraction of sp³-hybridized carbons (Fsp3) is 0. The van der Waals surface area contributed by atoms with E-state index < -0.39 is 11.7 Å². The van der Waals surface area contributed by atoms with Gasteiger partial charge in [-0.15, -0.1) is 0 Å². The quantitative estimate of drug-likeness (QED) is 0.758. The lowest BCUT2D eigenvalue weighted by Crippen LogP contribution is -2.14. The van der Waals surface area contributed by atoms with Crippen LogP contribution in [0.2, 0.25) is 10.0 Å². The molecule has 0 spiro atoms. The third-order valence-corrected chi connectivity index (χ3v) is 3.17. The Morgan fingerprint density at radius 1 is 1.15 bits per heavy atom. The zero-order chi connectivity index (χ0) is 14.9. The van der Waals surface area contributed by atoms with Crippen molar-refractivity contribution in [3.8, 4) is 0 Å². The first kappa shape index (κ1) is 14.4. The van der Waals surface area contributed by atoms with Gasteiger partial charge in [-0.2, -0.15) is 0 Å². The van der Waals surface area contributed by atoms with E-state index in [1.165, 1.54) is 12.1 Å². The lowest BCUT2D eigenvalue weighted by Gasteiger charge is -2.12. The van der Waals surface area contributed by atoms with Crippen LogP contribution in [0.3, 0.4) is 0 Å². The second-order valence-corrected chi connectivity index (χ2v) is 4.88. The van der Waals surface area contributed by atoms with Gasteiger partial charge in [0.2, 0.25) is 0 Å². The summed E-state index contributed by atoms with van der Waals surface area (Å²) in [6.45, 7) is 0. The number of nitrogens with one attached hydrogen (secondary N) is 1. The normalized spacial score (nSPS) is 10.3. The van der Waals surface area contributed by atoms with Gasteiger partial charge in [0.15, 0.2) is 0 Å². The monoisotopic (exact) mass is 313 g/mol. The van der Waals surface area contributed by atoms with Crippen molar-refractivity contribution in [1.29, 1.82) is 0 Å². The molecule has 0 aliphatic carbocycles. The molecule has 20 heavy (non-hydrogen) atoms. The molecule has 2 aromatic rings. The number of carbonyl (C=O) groups is 1. The lowest BCUT2D eigenvalue weighted by atomic mass is 10.1. The summed E-state index contributed by atoms with van der Waals surface area (Å²) in [6, 6.07) is 6.94. The highest BCUT2D eigenvalue weighted by Gasteiger charge is 2.13. The number of amides is 1. The number of benzene rings is 2. The number of halogens is 3. The minimum atomic E-state index is -0.747. The standard InChI is InChI=1S/C13H10Cl2FN3O/c14-6-1-2-8(15)11(3-6)19-12-4-7(13(18)20)10(17)5-9(12)16/h1-5,19H,17H2,(H2,18,20). The zero-order valence-electron chi connectivity index (χ0n) is 10.1. The van der Waals surface area contributed by atoms with E-state index in [-0.39, 0.29) is 16.9 Å². The number of carbonyl (C=O) groups excluding carboxylic acids is 1. The van der Waals surface area contributed by atoms with Crippen molar-refractivity contribution < 1.29 is 9.18 Å². The Balaban J connectivity index is 2.45. The van der Waals surface area contributed by atoms with E-state index in [9.17, 15) is 9.18 Å². The first-order chi connectivity index (χ1) is 9.38. The lowest BCUT2D eigenvalue weighted by molar-refractivity contribution is 0.100. The summed E-state index contributed by atoms with van der Waals surface area (Å²) in [6.07, 6.45) is 0. The topological polar surface area (TPSA) is 81.1 Å². The van der Waals surface area contributed by atoms with Gasteiger partial charge in [0.05, 0.1) is 22.0 Å². The van der Waals surface area contributed by atoms with Crippen LogP contribution < -0.4 is 16.8 Å². The summed E-state index contributed by atoms with van der Waals surface area (Å²) in [4.78, 5) is 11.2. The van der Waals surface area contributed by atoms with Gasteiger partial charge in [-0.1, -0.05) is 23.2 Å². The number of nitrogens with two attached hydrogens (primary N) is 2. The first-order valence-corrected chi connectivity index (χ1v) is 6.25. The largest absolute Gasteiger partial charge is 0.398 e. The fourth-order valence-corrected chi connectivity index (χ4v) is 1.97. The fourth-order valence-electron chi connectivity index (χ4n) is 1.64. The average Bonchev–Trinajstić information content (AvgIpc) is 2.36. The second-order valence-electron chi connectivity index (χ2n) is 4.03. The molecule has 0 fully saturated rings. The highest BCUT2D eigenvalue weighted by Crippen LogP contribution is 2.31. The Morgan fingerprint density at radius 2 is 1.85 bits per heavy atom. The SMILES string of the molecule is NC(=O)c1cc(Nc2cc(Cl)ccc2Cl)c(F)cc1N. The molecule has 104 valence electrons. The minimum Gasteiger partial charge on any atom is -0.398 e. The molecule has 0 aliphatic rings. The summed E-state index contributed by atoms with van der Waals surface area (Å²) in [5.74, 6) is -1.38. The molecule has 1 amide bonds. The molecule has 0 aliphatic heterocycles. The van der Waals surface area contributed by atoms with Crippen LogP contribution in [0.25, 0.3) is 0 Å². The predicted octanol–water partition coefficient (Wildman–Crippen LogP) is 3.56. The Morgan fingerprint density at radius 3 is 2.50 bits per heavy atom. The van der Waals surface area contributed by atoms with E-state index in [4.69, 9.17) is 34.7 Å². The molecule has 2 rings (SSSR count). The average molecular weight is 314 g/mol. The van der Waals surface area contributed by atoms with Crippen LogP contribution in [0, 0.1) is 5.82 Å². The summed E-state index contributed by atoms with van der Waals surface area (Å²) in [7, 11) is 0. The van der Waals surface area contributed by atoms with Crippen LogP contribution in [-0.4, -0.2) is 5.91 Å². The summed E-state index contributed by atoms with van der Waals surface area (Å²) in [5.41, 5.74) is 11.1. The Bertz CT molecular complexity index is 692. The van der Waals surface area contributed by atoms with Crippen molar-refractivity contribution >= 4 is 46.2 Å². The molecule has 0 heterocycles. The van der Waals surface area contributed by atoms with Gasteiger partial charge in [-0.3, -0.25) is 4.79 Å². The molecule has 4 nitrogen and oxygen atoms in total. The molecule has 0 atom stereocenters. The zero-order valence-corrected chi connectivity index (χ0v) is 11.6. The van der Waals surface area contributed by atoms with Crippen LogP contribution in [0.15, 0.2) is 30.3 Å². The third kappa shape index (κ3) is 2.95. The molecule has 0 bridgehead atoms. The molecule has 0 unspecified atom stereocenters. The van der Waals surface area contributed by atoms with Crippen molar-refractivity contribution in [2.75, 3.05) is 11.1 Å². The highest BCUT2D eigenvalue weighted by molar-refractivity contribution is 6.35. The van der Waals surface area contributed by atoms with Crippen LogP contribution >= 0.6 is 23.2 Å². The van der Waals surface area contributed by atoms with Crippen molar-refractivity contribution in [3.63, 3.8) is 0 Å². The van der Waals surface area contributed by atoms with E-state index in [0.717, 1.165) is 6.07 Å². The molecular formula is C13H10Cl2FN3O. The molecule has 5 N–H and O–H groups in total. The molecule has 0 radical (unpaired) electrons. The van der Waals surface area contributed by atoms with Gasteiger partial charge in [0.25, 0.3) is 5.91 Å². The van der Waals surface area contributed by atoms with Crippen molar-refractivity contribution in [3.05, 3.63) is 51.8 Å². The molecule has 0 aromatic heterocycles. The number of primary amides is 1. The van der Waals surface area contributed by atoms with E-state index in [2.05, 4.69) is 5.32 Å². The maximum absolute atomic E-state index is 13.8. The van der Waals surface area contributed by atoms with E-state index in [1.807, 2.05) is 0 Å². The molecule has 0 saturated heterocycles. The van der Waals surface area contributed by atoms with Crippen LogP contribution in [0.1, 0.15) is 10.4 Å². The van der Waals surface area contributed by atoms with Gasteiger partial charge in [0.1, 0.15) is 5.82 Å². The summed E-state index contributed by atoms with van der Waals surface area (Å²) >= 11 is 11.8. The highest BCUT2D eigenvalue weighted by atomic mass is 35.5. The number of anilines is 3. The number of hydrogen-bond donors (Lipinski definition) is 3. The number of rotatable bonds is 3. The van der Waals surface area contributed by atoms with Gasteiger partial charge >= 0.3 is 0 Å². The molecule has 7 heteroatoms. The second kappa shape index (κ2) is 5.56. The summed E-state index contributed by atoms with van der Waals surface area (Å²) < 4.78 is 13.8. The third-order valence-electron chi connectivity index (χ3n) is 2.60.